The van der Waals surface area contributed by atoms with Crippen LogP contribution in [0.2, 0.25) is 0 Å². The van der Waals surface area contributed by atoms with Crippen molar-refractivity contribution in [3.63, 3.8) is 0 Å². The Morgan fingerprint density at radius 2 is 1.82 bits per heavy atom. The fraction of sp³-hybridized carbons (Fsp3) is 1.00. The maximum atomic E-state index is 5.58. The first-order valence-electron chi connectivity index (χ1n) is 6.79. The standard InChI is InChI=1S/C14H29NO2/c1-13(2,3)15-12-14(6-5-7-14)8-9-17-11-10-16-4/h15H,5-12H2,1-4H3. The molecule has 0 saturated heterocycles. The van der Waals surface area contributed by atoms with Gasteiger partial charge in [0.25, 0.3) is 0 Å². The van der Waals surface area contributed by atoms with Crippen molar-refractivity contribution in [2.24, 2.45) is 5.41 Å². The number of nitrogens with one attached hydrogen (secondary N) is 1. The zero-order valence-corrected chi connectivity index (χ0v) is 12.0. The molecule has 1 aliphatic carbocycles. The largest absolute Gasteiger partial charge is 0.382 e. The number of hydrogen-bond acceptors (Lipinski definition) is 3. The predicted molar refractivity (Wildman–Crippen MR) is 71.4 cm³/mol. The summed E-state index contributed by atoms with van der Waals surface area (Å²) in [6.07, 6.45) is 5.26. The maximum absolute atomic E-state index is 5.58. The van der Waals surface area contributed by atoms with Gasteiger partial charge in [0.2, 0.25) is 0 Å². The summed E-state index contributed by atoms with van der Waals surface area (Å²) in [6.45, 7) is 10.1. The van der Waals surface area contributed by atoms with E-state index in [4.69, 9.17) is 9.47 Å². The van der Waals surface area contributed by atoms with Crippen molar-refractivity contribution in [2.75, 3.05) is 33.5 Å². The van der Waals surface area contributed by atoms with Gasteiger partial charge in [-0.1, -0.05) is 6.42 Å². The van der Waals surface area contributed by atoms with Crippen LogP contribution < -0.4 is 5.32 Å². The Morgan fingerprint density at radius 1 is 1.12 bits per heavy atom. The van der Waals surface area contributed by atoms with Crippen LogP contribution in [0.15, 0.2) is 0 Å². The average molecular weight is 243 g/mol. The molecule has 1 fully saturated rings. The number of methoxy groups -OCH3 is 1. The molecule has 0 spiro atoms. The molecule has 0 radical (unpaired) electrons. The Hall–Kier alpha value is -0.120. The van der Waals surface area contributed by atoms with Gasteiger partial charge in [0.05, 0.1) is 13.2 Å². The quantitative estimate of drug-likeness (QED) is 0.665. The summed E-state index contributed by atoms with van der Waals surface area (Å²) in [6, 6.07) is 0. The van der Waals surface area contributed by atoms with E-state index in [2.05, 4.69) is 26.1 Å². The van der Waals surface area contributed by atoms with Gasteiger partial charge in [-0.15, -0.1) is 0 Å². The van der Waals surface area contributed by atoms with E-state index in [0.29, 0.717) is 12.0 Å². The third-order valence-corrected chi connectivity index (χ3v) is 3.62. The second-order valence-corrected chi connectivity index (χ2v) is 6.31. The fourth-order valence-corrected chi connectivity index (χ4v) is 2.18. The second kappa shape index (κ2) is 6.72. The molecule has 0 bridgehead atoms. The van der Waals surface area contributed by atoms with E-state index >= 15 is 0 Å². The van der Waals surface area contributed by atoms with Gasteiger partial charge in [0, 0.05) is 25.8 Å². The molecular formula is C14H29NO2. The minimum Gasteiger partial charge on any atom is -0.382 e. The third-order valence-electron chi connectivity index (χ3n) is 3.62. The second-order valence-electron chi connectivity index (χ2n) is 6.31. The van der Waals surface area contributed by atoms with Gasteiger partial charge in [-0.3, -0.25) is 0 Å². The molecule has 102 valence electrons. The zero-order chi connectivity index (χ0) is 12.8. The Kier molecular flexibility index (Phi) is 5.90. The van der Waals surface area contributed by atoms with Crippen molar-refractivity contribution in [1.29, 1.82) is 0 Å². The third kappa shape index (κ3) is 5.84. The van der Waals surface area contributed by atoms with Crippen molar-refractivity contribution < 1.29 is 9.47 Å². The van der Waals surface area contributed by atoms with Gasteiger partial charge in [-0.25, -0.2) is 0 Å². The van der Waals surface area contributed by atoms with Crippen molar-refractivity contribution >= 4 is 0 Å². The van der Waals surface area contributed by atoms with E-state index in [1.54, 1.807) is 7.11 Å². The Balaban J connectivity index is 2.17. The monoisotopic (exact) mass is 243 g/mol. The van der Waals surface area contributed by atoms with E-state index in [-0.39, 0.29) is 5.54 Å². The van der Waals surface area contributed by atoms with Gasteiger partial charge < -0.3 is 14.8 Å². The van der Waals surface area contributed by atoms with Gasteiger partial charge >= 0.3 is 0 Å². The van der Waals surface area contributed by atoms with Gasteiger partial charge in [0.1, 0.15) is 0 Å². The number of ether oxygens (including phenoxy) is 2. The van der Waals surface area contributed by atoms with Gasteiger partial charge in [-0.2, -0.15) is 0 Å². The highest BCUT2D eigenvalue weighted by molar-refractivity contribution is 4.91. The van der Waals surface area contributed by atoms with E-state index in [1.807, 2.05) is 0 Å². The highest BCUT2D eigenvalue weighted by Gasteiger charge is 2.36. The summed E-state index contributed by atoms with van der Waals surface area (Å²) in [5.41, 5.74) is 0.722. The van der Waals surface area contributed by atoms with Crippen LogP contribution >= 0.6 is 0 Å². The first-order chi connectivity index (χ1) is 7.97. The summed E-state index contributed by atoms with van der Waals surface area (Å²) < 4.78 is 10.6. The van der Waals surface area contributed by atoms with E-state index in [0.717, 1.165) is 19.8 Å². The SMILES string of the molecule is COCCOCCC1(CNC(C)(C)C)CCC1. The van der Waals surface area contributed by atoms with Crippen molar-refractivity contribution in [3.8, 4) is 0 Å². The van der Waals surface area contributed by atoms with Gasteiger partial charge in [0.15, 0.2) is 0 Å². The van der Waals surface area contributed by atoms with Crippen LogP contribution in [-0.4, -0.2) is 39.0 Å². The van der Waals surface area contributed by atoms with Crippen LogP contribution in [0, 0.1) is 5.41 Å². The lowest BCUT2D eigenvalue weighted by molar-refractivity contribution is 0.0250. The lowest BCUT2D eigenvalue weighted by Crippen LogP contribution is -2.47. The minimum absolute atomic E-state index is 0.222. The zero-order valence-electron chi connectivity index (χ0n) is 12.0. The number of rotatable bonds is 8. The molecule has 3 nitrogen and oxygen atoms in total. The fourth-order valence-electron chi connectivity index (χ4n) is 2.18. The molecule has 17 heavy (non-hydrogen) atoms. The van der Waals surface area contributed by atoms with Crippen molar-refractivity contribution in [3.05, 3.63) is 0 Å². The highest BCUT2D eigenvalue weighted by atomic mass is 16.5. The van der Waals surface area contributed by atoms with E-state index < -0.39 is 0 Å². The van der Waals surface area contributed by atoms with Crippen LogP contribution in [-0.2, 0) is 9.47 Å². The molecule has 0 aromatic carbocycles. The van der Waals surface area contributed by atoms with E-state index in [1.165, 1.54) is 25.7 Å². The molecular weight excluding hydrogens is 214 g/mol. The van der Waals surface area contributed by atoms with E-state index in [9.17, 15) is 0 Å². The molecule has 3 heteroatoms. The van der Waals surface area contributed by atoms with Gasteiger partial charge in [-0.05, 0) is 45.4 Å². The molecule has 0 amide bonds. The lowest BCUT2D eigenvalue weighted by Gasteiger charge is -2.44. The van der Waals surface area contributed by atoms with Crippen LogP contribution in [0.3, 0.4) is 0 Å². The normalized spacial score (nSPS) is 19.1. The Labute approximate surface area is 106 Å². The molecule has 0 unspecified atom stereocenters. The van der Waals surface area contributed by atoms with Crippen molar-refractivity contribution in [1.82, 2.24) is 5.32 Å². The summed E-state index contributed by atoms with van der Waals surface area (Å²) in [7, 11) is 1.71. The van der Waals surface area contributed by atoms with Crippen LogP contribution in [0.25, 0.3) is 0 Å². The molecule has 0 aromatic rings. The topological polar surface area (TPSA) is 30.5 Å². The lowest BCUT2D eigenvalue weighted by atomic mass is 9.66. The van der Waals surface area contributed by atoms with Crippen molar-refractivity contribution in [2.45, 2.75) is 52.0 Å². The Bertz CT molecular complexity index is 207. The molecule has 1 aliphatic rings. The summed E-state index contributed by atoms with van der Waals surface area (Å²) in [4.78, 5) is 0. The highest BCUT2D eigenvalue weighted by Crippen LogP contribution is 2.43. The number of hydrogen-bond donors (Lipinski definition) is 1. The average Bonchev–Trinajstić information content (AvgIpc) is 2.18. The molecule has 0 aliphatic heterocycles. The molecule has 1 rings (SSSR count). The molecule has 0 atom stereocenters. The molecule has 0 heterocycles. The maximum Gasteiger partial charge on any atom is 0.0700 e. The Morgan fingerprint density at radius 3 is 2.29 bits per heavy atom. The van der Waals surface area contributed by atoms with Crippen LogP contribution in [0.4, 0.5) is 0 Å². The molecule has 1 N–H and O–H groups in total. The molecule has 1 saturated carbocycles. The molecule has 0 aromatic heterocycles. The first kappa shape index (κ1) is 14.9. The summed E-state index contributed by atoms with van der Waals surface area (Å²) in [5.74, 6) is 0. The summed E-state index contributed by atoms with van der Waals surface area (Å²) in [5, 5.41) is 3.64. The predicted octanol–water partition coefficient (Wildman–Crippen LogP) is 2.60. The summed E-state index contributed by atoms with van der Waals surface area (Å²) >= 11 is 0. The smallest absolute Gasteiger partial charge is 0.0700 e. The minimum atomic E-state index is 0.222. The van der Waals surface area contributed by atoms with Crippen LogP contribution in [0.5, 0.6) is 0 Å². The first-order valence-corrected chi connectivity index (χ1v) is 6.79. The van der Waals surface area contributed by atoms with Crippen LogP contribution in [0.1, 0.15) is 46.5 Å².